The van der Waals surface area contributed by atoms with Gasteiger partial charge in [0, 0.05) is 24.0 Å². The van der Waals surface area contributed by atoms with E-state index in [0.717, 1.165) is 16.4 Å². The molecule has 120 valence electrons. The van der Waals surface area contributed by atoms with Crippen molar-refractivity contribution in [2.75, 3.05) is 0 Å². The average Bonchev–Trinajstić information content (AvgIpc) is 3.38. The Kier molecular flexibility index (Phi) is 5.08. The molecular weight excluding hydrogens is 306 g/mol. The second-order valence-electron chi connectivity index (χ2n) is 5.83. The largest absolute Gasteiger partial charge is 0.489 e. The van der Waals surface area contributed by atoms with E-state index in [0.29, 0.717) is 12.6 Å². The molecule has 1 aliphatic rings. The lowest BCUT2D eigenvalue weighted by Crippen LogP contribution is -2.37. The predicted molar refractivity (Wildman–Crippen MR) is 95.3 cm³/mol. The van der Waals surface area contributed by atoms with Gasteiger partial charge in [-0.2, -0.15) is 0 Å². The summed E-state index contributed by atoms with van der Waals surface area (Å²) >= 11 is 5.32. The van der Waals surface area contributed by atoms with Crippen LogP contribution in [0.25, 0.3) is 0 Å². The summed E-state index contributed by atoms with van der Waals surface area (Å²) in [5.74, 6) is 0.850. The van der Waals surface area contributed by atoms with Gasteiger partial charge in [0.2, 0.25) is 0 Å². The zero-order chi connectivity index (χ0) is 16.1. The average molecular weight is 327 g/mol. The van der Waals surface area contributed by atoms with Crippen molar-refractivity contribution >= 4 is 17.3 Å². The zero-order valence-corrected chi connectivity index (χ0v) is 14.0. The molecular formula is C18H21N3OS. The fraction of sp³-hybridized carbons (Fsp3) is 0.333. The SMILES string of the molecule is CC(NC(=S)NC1CC1)c1ccc(OCc2cccnc2)cc1. The summed E-state index contributed by atoms with van der Waals surface area (Å²) in [5.41, 5.74) is 2.24. The molecule has 5 heteroatoms. The van der Waals surface area contributed by atoms with E-state index in [2.05, 4.69) is 34.7 Å². The molecule has 1 fully saturated rings. The summed E-state index contributed by atoms with van der Waals surface area (Å²) in [4.78, 5) is 4.08. The summed E-state index contributed by atoms with van der Waals surface area (Å²) in [6.07, 6.45) is 6.02. The van der Waals surface area contributed by atoms with Gasteiger partial charge in [0.15, 0.2) is 5.11 Å². The summed E-state index contributed by atoms with van der Waals surface area (Å²) in [5, 5.41) is 7.34. The van der Waals surface area contributed by atoms with Gasteiger partial charge in [-0.05, 0) is 55.7 Å². The number of hydrogen-bond donors (Lipinski definition) is 2. The van der Waals surface area contributed by atoms with E-state index < -0.39 is 0 Å². The van der Waals surface area contributed by atoms with Crippen LogP contribution in [0, 0.1) is 0 Å². The molecule has 0 amide bonds. The van der Waals surface area contributed by atoms with E-state index in [1.54, 1.807) is 6.20 Å². The second-order valence-corrected chi connectivity index (χ2v) is 6.24. The number of nitrogens with zero attached hydrogens (tertiary/aromatic N) is 1. The third-order valence-corrected chi connectivity index (χ3v) is 4.00. The minimum atomic E-state index is 0.168. The van der Waals surface area contributed by atoms with Crippen molar-refractivity contribution in [3.8, 4) is 5.75 Å². The maximum absolute atomic E-state index is 5.77. The van der Waals surface area contributed by atoms with E-state index in [9.17, 15) is 0 Å². The minimum Gasteiger partial charge on any atom is -0.489 e. The summed E-state index contributed by atoms with van der Waals surface area (Å²) in [6.45, 7) is 2.63. The van der Waals surface area contributed by atoms with Crippen LogP contribution in [0.15, 0.2) is 48.8 Å². The van der Waals surface area contributed by atoms with E-state index in [4.69, 9.17) is 17.0 Å². The van der Waals surface area contributed by atoms with Gasteiger partial charge >= 0.3 is 0 Å². The summed E-state index contributed by atoms with van der Waals surface area (Å²) in [6, 6.07) is 12.8. The van der Waals surface area contributed by atoms with Gasteiger partial charge in [0.05, 0.1) is 6.04 Å². The zero-order valence-electron chi connectivity index (χ0n) is 13.2. The van der Waals surface area contributed by atoms with Gasteiger partial charge in [-0.15, -0.1) is 0 Å². The topological polar surface area (TPSA) is 46.2 Å². The third-order valence-electron chi connectivity index (χ3n) is 3.77. The molecule has 1 aliphatic carbocycles. The van der Waals surface area contributed by atoms with Crippen molar-refractivity contribution in [1.82, 2.24) is 15.6 Å². The Labute approximate surface area is 142 Å². The minimum absolute atomic E-state index is 0.168. The third kappa shape index (κ3) is 4.93. The molecule has 2 N–H and O–H groups in total. The van der Waals surface area contributed by atoms with Crippen molar-refractivity contribution in [3.63, 3.8) is 0 Å². The molecule has 0 aliphatic heterocycles. The van der Waals surface area contributed by atoms with Crippen molar-refractivity contribution in [2.24, 2.45) is 0 Å². The first-order chi connectivity index (χ1) is 11.2. The van der Waals surface area contributed by atoms with Crippen molar-refractivity contribution in [3.05, 3.63) is 59.9 Å². The Morgan fingerprint density at radius 1 is 1.30 bits per heavy atom. The monoisotopic (exact) mass is 327 g/mol. The number of aromatic nitrogens is 1. The van der Waals surface area contributed by atoms with Crippen LogP contribution in [0.4, 0.5) is 0 Å². The molecule has 1 atom stereocenters. The highest BCUT2D eigenvalue weighted by molar-refractivity contribution is 7.80. The fourth-order valence-corrected chi connectivity index (χ4v) is 2.58. The molecule has 1 saturated carbocycles. The molecule has 0 spiro atoms. The number of benzene rings is 1. The van der Waals surface area contributed by atoms with E-state index in [1.807, 2.05) is 30.5 Å². The van der Waals surface area contributed by atoms with Gasteiger partial charge in [0.1, 0.15) is 12.4 Å². The fourth-order valence-electron chi connectivity index (χ4n) is 2.24. The van der Waals surface area contributed by atoms with E-state index >= 15 is 0 Å². The van der Waals surface area contributed by atoms with Crippen LogP contribution in [0.1, 0.15) is 36.9 Å². The second kappa shape index (κ2) is 7.42. The van der Waals surface area contributed by atoms with Gasteiger partial charge in [-0.25, -0.2) is 0 Å². The van der Waals surface area contributed by atoms with Crippen LogP contribution in [-0.2, 0) is 6.61 Å². The normalized spacial score (nSPS) is 14.8. The summed E-state index contributed by atoms with van der Waals surface area (Å²) < 4.78 is 5.77. The Morgan fingerprint density at radius 2 is 2.09 bits per heavy atom. The van der Waals surface area contributed by atoms with Crippen LogP contribution in [0.2, 0.25) is 0 Å². The Bertz CT molecular complexity index is 641. The smallest absolute Gasteiger partial charge is 0.166 e. The number of thiocarbonyl (C=S) groups is 1. The predicted octanol–water partition coefficient (Wildman–Crippen LogP) is 3.35. The summed E-state index contributed by atoms with van der Waals surface area (Å²) in [7, 11) is 0. The molecule has 3 rings (SSSR count). The lowest BCUT2D eigenvalue weighted by atomic mass is 10.1. The molecule has 1 aromatic heterocycles. The van der Waals surface area contributed by atoms with E-state index in [-0.39, 0.29) is 6.04 Å². The molecule has 1 aromatic carbocycles. The number of ether oxygens (including phenoxy) is 1. The highest BCUT2D eigenvalue weighted by Gasteiger charge is 2.22. The Hall–Kier alpha value is -2.14. The number of nitrogens with one attached hydrogen (secondary N) is 2. The lowest BCUT2D eigenvalue weighted by molar-refractivity contribution is 0.305. The van der Waals surface area contributed by atoms with Crippen LogP contribution >= 0.6 is 12.2 Å². The maximum Gasteiger partial charge on any atom is 0.166 e. The van der Waals surface area contributed by atoms with Gasteiger partial charge in [-0.3, -0.25) is 4.98 Å². The van der Waals surface area contributed by atoms with Crippen LogP contribution in [0.3, 0.4) is 0 Å². The van der Waals surface area contributed by atoms with Gasteiger partial charge in [0.25, 0.3) is 0 Å². The highest BCUT2D eigenvalue weighted by Crippen LogP contribution is 2.20. The van der Waals surface area contributed by atoms with Gasteiger partial charge in [-0.1, -0.05) is 18.2 Å². The van der Waals surface area contributed by atoms with E-state index in [1.165, 1.54) is 18.4 Å². The molecule has 1 heterocycles. The number of rotatable bonds is 6. The molecule has 2 aromatic rings. The molecule has 4 nitrogen and oxygen atoms in total. The highest BCUT2D eigenvalue weighted by atomic mass is 32.1. The molecule has 0 bridgehead atoms. The molecule has 0 radical (unpaired) electrons. The lowest BCUT2D eigenvalue weighted by Gasteiger charge is -2.17. The van der Waals surface area contributed by atoms with Crippen LogP contribution < -0.4 is 15.4 Å². The first-order valence-corrected chi connectivity index (χ1v) is 8.30. The van der Waals surface area contributed by atoms with Crippen molar-refractivity contribution in [1.29, 1.82) is 0 Å². The standard InChI is InChI=1S/C18H21N3OS/c1-13(20-18(23)21-16-6-7-16)15-4-8-17(9-5-15)22-12-14-3-2-10-19-11-14/h2-5,8-11,13,16H,6-7,12H2,1H3,(H2,20,21,23). The molecule has 23 heavy (non-hydrogen) atoms. The number of pyridine rings is 1. The van der Waals surface area contributed by atoms with Gasteiger partial charge < -0.3 is 15.4 Å². The maximum atomic E-state index is 5.77. The van der Waals surface area contributed by atoms with Crippen LogP contribution in [0.5, 0.6) is 5.75 Å². The van der Waals surface area contributed by atoms with Crippen molar-refractivity contribution < 1.29 is 4.74 Å². The van der Waals surface area contributed by atoms with Crippen molar-refractivity contribution in [2.45, 2.75) is 38.5 Å². The Balaban J connectivity index is 1.50. The quantitative estimate of drug-likeness (QED) is 0.797. The first-order valence-electron chi connectivity index (χ1n) is 7.89. The number of hydrogen-bond acceptors (Lipinski definition) is 3. The molecule has 0 saturated heterocycles. The molecule has 1 unspecified atom stereocenters. The Morgan fingerprint density at radius 3 is 2.74 bits per heavy atom. The van der Waals surface area contributed by atoms with Crippen LogP contribution in [-0.4, -0.2) is 16.1 Å². The first kappa shape index (κ1) is 15.7.